The van der Waals surface area contributed by atoms with E-state index in [9.17, 15) is 22.4 Å². The lowest BCUT2D eigenvalue weighted by Crippen LogP contribution is -2.14. The van der Waals surface area contributed by atoms with Crippen molar-refractivity contribution in [2.45, 2.75) is 6.18 Å². The smallest absolute Gasteiger partial charge is 0.320 e. The van der Waals surface area contributed by atoms with E-state index in [0.29, 0.717) is 15.9 Å². The molecule has 0 aliphatic rings. The minimum atomic E-state index is -4.72. The van der Waals surface area contributed by atoms with E-state index in [1.165, 1.54) is 12.1 Å². The highest BCUT2D eigenvalue weighted by Crippen LogP contribution is 2.29. The van der Waals surface area contributed by atoms with Crippen molar-refractivity contribution in [1.29, 1.82) is 0 Å². The minimum Gasteiger partial charge on any atom is -0.320 e. The molecule has 0 saturated carbocycles. The van der Waals surface area contributed by atoms with Crippen molar-refractivity contribution in [3.63, 3.8) is 0 Å². The second-order valence-electron chi connectivity index (χ2n) is 4.08. The molecule has 1 aromatic carbocycles. The van der Waals surface area contributed by atoms with E-state index >= 15 is 0 Å². The molecule has 11 heteroatoms. The average molecular weight is 331 g/mol. The molecule has 3 aromatic rings. The lowest BCUT2D eigenvalue weighted by Gasteiger charge is -2.02. The topological polar surface area (TPSA) is 72.2 Å². The summed E-state index contributed by atoms with van der Waals surface area (Å²) in [5, 5.41) is 12.0. The normalized spacial score (nSPS) is 11.8. The van der Waals surface area contributed by atoms with Crippen LogP contribution in [-0.2, 0) is 6.18 Å². The third-order valence-electron chi connectivity index (χ3n) is 2.54. The molecular weight excluding hydrogens is 326 g/mol. The second kappa shape index (κ2) is 5.02. The van der Waals surface area contributed by atoms with Gasteiger partial charge in [0.2, 0.25) is 9.97 Å². The fraction of sp³-hybridized carbons (Fsp3) is 0.0909. The number of carbonyl (C=O) groups excluding carboxylic acids is 1. The Morgan fingerprint density at radius 1 is 1.18 bits per heavy atom. The third-order valence-corrected chi connectivity index (χ3v) is 3.44. The molecule has 2 heterocycles. The number of aromatic nitrogens is 4. The van der Waals surface area contributed by atoms with Crippen molar-refractivity contribution in [2.75, 3.05) is 5.32 Å². The van der Waals surface area contributed by atoms with Crippen LogP contribution in [0.1, 0.15) is 15.6 Å². The van der Waals surface area contributed by atoms with Crippen LogP contribution in [0.3, 0.4) is 0 Å². The Bertz CT molecular complexity index is 838. The van der Waals surface area contributed by atoms with E-state index in [4.69, 9.17) is 0 Å². The average Bonchev–Trinajstić information content (AvgIpc) is 2.99. The Morgan fingerprint density at radius 2 is 1.86 bits per heavy atom. The van der Waals surface area contributed by atoms with Crippen LogP contribution in [0, 0.1) is 5.82 Å². The van der Waals surface area contributed by atoms with Gasteiger partial charge in [-0.25, -0.2) is 4.39 Å². The number of nitrogens with zero attached hydrogens (tertiary/aromatic N) is 4. The number of amides is 1. The summed E-state index contributed by atoms with van der Waals surface area (Å²) in [5.41, 5.74) is 0.286. The van der Waals surface area contributed by atoms with Crippen LogP contribution in [0.2, 0.25) is 0 Å². The molecule has 0 saturated heterocycles. The Balaban J connectivity index is 1.88. The molecule has 2 aromatic heterocycles. The van der Waals surface area contributed by atoms with Gasteiger partial charge in [0.1, 0.15) is 5.82 Å². The first-order valence-corrected chi connectivity index (χ1v) is 6.52. The number of rotatable bonds is 2. The molecule has 1 amide bonds. The van der Waals surface area contributed by atoms with Crippen LogP contribution in [0.5, 0.6) is 0 Å². The van der Waals surface area contributed by atoms with Crippen molar-refractivity contribution in [3.05, 3.63) is 40.9 Å². The number of hydrogen-bond donors (Lipinski definition) is 1. The number of anilines is 1. The Hall–Kier alpha value is -2.56. The standard InChI is InChI=1S/C11H5F4N5OS/c12-5-1-3-6(4-2-5)16-7(21)8-19-20-9(11(13,14)15)17-18-10(20)22-8/h1-4H,(H,16,21). The SMILES string of the molecule is O=C(Nc1ccc(F)cc1)c1nn2c(C(F)(F)F)nnc2s1. The van der Waals surface area contributed by atoms with Crippen LogP contribution >= 0.6 is 11.3 Å². The van der Waals surface area contributed by atoms with E-state index < -0.39 is 23.7 Å². The first kappa shape index (κ1) is 14.4. The zero-order valence-electron chi connectivity index (χ0n) is 10.4. The first-order valence-electron chi connectivity index (χ1n) is 5.71. The van der Waals surface area contributed by atoms with Crippen LogP contribution in [-0.4, -0.2) is 25.7 Å². The molecule has 0 fully saturated rings. The predicted octanol–water partition coefficient (Wildman–Crippen LogP) is 2.60. The summed E-state index contributed by atoms with van der Waals surface area (Å²) in [4.78, 5) is 11.8. The number of benzene rings is 1. The van der Waals surface area contributed by atoms with Crippen molar-refractivity contribution in [3.8, 4) is 0 Å². The Labute approximate surface area is 123 Å². The van der Waals surface area contributed by atoms with E-state index in [0.717, 1.165) is 12.1 Å². The maximum atomic E-state index is 12.8. The van der Waals surface area contributed by atoms with Gasteiger partial charge in [-0.05, 0) is 24.3 Å². The van der Waals surface area contributed by atoms with E-state index in [1.807, 2.05) is 0 Å². The monoisotopic (exact) mass is 331 g/mol. The molecule has 0 spiro atoms. The molecule has 22 heavy (non-hydrogen) atoms. The molecule has 1 N–H and O–H groups in total. The van der Waals surface area contributed by atoms with Gasteiger partial charge >= 0.3 is 6.18 Å². The van der Waals surface area contributed by atoms with Crippen LogP contribution in [0.4, 0.5) is 23.2 Å². The van der Waals surface area contributed by atoms with Crippen LogP contribution in [0.25, 0.3) is 4.96 Å². The molecule has 0 aliphatic carbocycles. The van der Waals surface area contributed by atoms with Crippen LogP contribution in [0.15, 0.2) is 24.3 Å². The molecule has 0 bridgehead atoms. The zero-order valence-corrected chi connectivity index (χ0v) is 11.2. The first-order chi connectivity index (χ1) is 10.3. The van der Waals surface area contributed by atoms with Crippen molar-refractivity contribution >= 4 is 27.9 Å². The highest BCUT2D eigenvalue weighted by molar-refractivity contribution is 7.18. The van der Waals surface area contributed by atoms with Gasteiger partial charge < -0.3 is 5.32 Å². The van der Waals surface area contributed by atoms with E-state index in [2.05, 4.69) is 20.6 Å². The number of carbonyl (C=O) groups is 1. The molecule has 0 atom stereocenters. The fourth-order valence-electron chi connectivity index (χ4n) is 1.60. The largest absolute Gasteiger partial charge is 0.453 e. The van der Waals surface area contributed by atoms with Crippen LogP contribution < -0.4 is 5.32 Å². The molecule has 0 radical (unpaired) electrons. The number of halogens is 4. The molecule has 0 unspecified atom stereocenters. The number of alkyl halides is 3. The number of fused-ring (bicyclic) bond motifs is 1. The molecular formula is C11H5F4N5OS. The molecule has 3 rings (SSSR count). The Morgan fingerprint density at radius 3 is 2.50 bits per heavy atom. The van der Waals surface area contributed by atoms with E-state index in [-0.39, 0.29) is 15.7 Å². The van der Waals surface area contributed by atoms with Crippen molar-refractivity contribution < 1.29 is 22.4 Å². The van der Waals surface area contributed by atoms with Gasteiger partial charge in [-0.15, -0.1) is 15.3 Å². The highest BCUT2D eigenvalue weighted by atomic mass is 32.1. The zero-order chi connectivity index (χ0) is 15.9. The Kier molecular flexibility index (Phi) is 3.28. The summed E-state index contributed by atoms with van der Waals surface area (Å²) in [7, 11) is 0. The number of nitrogens with one attached hydrogen (secondary N) is 1. The lowest BCUT2D eigenvalue weighted by atomic mass is 10.3. The molecule has 0 aliphatic heterocycles. The highest BCUT2D eigenvalue weighted by Gasteiger charge is 2.38. The summed E-state index contributed by atoms with van der Waals surface area (Å²) in [5.74, 6) is -2.51. The van der Waals surface area contributed by atoms with Gasteiger partial charge in [0.05, 0.1) is 0 Å². The summed E-state index contributed by atoms with van der Waals surface area (Å²) in [6, 6.07) is 4.90. The van der Waals surface area contributed by atoms with Gasteiger partial charge in [0, 0.05) is 5.69 Å². The number of hydrogen-bond acceptors (Lipinski definition) is 5. The molecule has 6 nitrogen and oxygen atoms in total. The fourth-order valence-corrected chi connectivity index (χ4v) is 2.34. The van der Waals surface area contributed by atoms with Gasteiger partial charge in [-0.3, -0.25) is 4.79 Å². The maximum Gasteiger partial charge on any atom is 0.453 e. The van der Waals surface area contributed by atoms with Gasteiger partial charge in [-0.1, -0.05) is 11.3 Å². The third kappa shape index (κ3) is 2.62. The van der Waals surface area contributed by atoms with Crippen molar-refractivity contribution in [1.82, 2.24) is 19.8 Å². The maximum absolute atomic E-state index is 12.8. The summed E-state index contributed by atoms with van der Waals surface area (Å²) in [6.45, 7) is 0. The van der Waals surface area contributed by atoms with Crippen molar-refractivity contribution in [2.24, 2.45) is 0 Å². The second-order valence-corrected chi connectivity index (χ2v) is 5.04. The predicted molar refractivity (Wildman–Crippen MR) is 68.0 cm³/mol. The van der Waals surface area contributed by atoms with Gasteiger partial charge in [-0.2, -0.15) is 17.7 Å². The van der Waals surface area contributed by atoms with Gasteiger partial charge in [0.15, 0.2) is 0 Å². The lowest BCUT2D eigenvalue weighted by molar-refractivity contribution is -0.146. The molecule has 114 valence electrons. The summed E-state index contributed by atoms with van der Waals surface area (Å²) < 4.78 is 51.2. The summed E-state index contributed by atoms with van der Waals surface area (Å²) in [6.07, 6.45) is -4.72. The minimum absolute atomic E-state index is 0.156. The quantitative estimate of drug-likeness (QED) is 0.733. The van der Waals surface area contributed by atoms with Gasteiger partial charge in [0.25, 0.3) is 11.7 Å². The summed E-state index contributed by atoms with van der Waals surface area (Å²) >= 11 is 0.657. The van der Waals surface area contributed by atoms with E-state index in [1.54, 1.807) is 0 Å².